The molecule has 0 atom stereocenters. The number of aromatic nitrogens is 2. The lowest BCUT2D eigenvalue weighted by Crippen LogP contribution is -2.04. The first-order chi connectivity index (χ1) is 7.97. The molecular weight excluding hydrogens is 344 g/mol. The Kier molecular flexibility index (Phi) is 3.32. The maximum Gasteiger partial charge on any atom is 0.416 e. The van der Waals surface area contributed by atoms with Crippen LogP contribution in [0, 0.1) is 3.83 Å². The molecule has 0 bridgehead atoms. The van der Waals surface area contributed by atoms with Crippen LogP contribution in [0.4, 0.5) is 13.2 Å². The normalized spacial score (nSPS) is 11.5. The standard InChI is InChI=1S/C11H6F3IN2/c12-11(13,14)8-3-1-7(2-4-8)9-5-6-16-10(15)17-9/h1-6H. The number of alkyl halides is 3. The van der Waals surface area contributed by atoms with Crippen LogP contribution in [0.3, 0.4) is 0 Å². The van der Waals surface area contributed by atoms with Crippen molar-refractivity contribution in [1.29, 1.82) is 0 Å². The molecule has 2 rings (SSSR count). The van der Waals surface area contributed by atoms with E-state index in [0.29, 0.717) is 15.1 Å². The van der Waals surface area contributed by atoms with Crippen molar-refractivity contribution in [3.05, 3.63) is 45.9 Å². The van der Waals surface area contributed by atoms with Gasteiger partial charge in [-0.25, -0.2) is 9.97 Å². The summed E-state index contributed by atoms with van der Waals surface area (Å²) in [5, 5.41) is 0. The zero-order valence-corrected chi connectivity index (χ0v) is 10.5. The summed E-state index contributed by atoms with van der Waals surface area (Å²) in [5.74, 6) is 0. The summed E-state index contributed by atoms with van der Waals surface area (Å²) in [6.07, 6.45) is -2.74. The van der Waals surface area contributed by atoms with Crippen LogP contribution in [0.1, 0.15) is 5.56 Å². The number of halogens is 4. The molecule has 1 aromatic carbocycles. The summed E-state index contributed by atoms with van der Waals surface area (Å²) in [7, 11) is 0. The highest BCUT2D eigenvalue weighted by molar-refractivity contribution is 14.1. The molecule has 17 heavy (non-hydrogen) atoms. The van der Waals surface area contributed by atoms with Crippen LogP contribution in [-0.4, -0.2) is 9.97 Å². The Hall–Kier alpha value is -1.18. The van der Waals surface area contributed by atoms with Crippen LogP contribution >= 0.6 is 22.6 Å². The van der Waals surface area contributed by atoms with Gasteiger partial charge in [0, 0.05) is 34.4 Å². The summed E-state index contributed by atoms with van der Waals surface area (Å²) >= 11 is 1.95. The molecule has 0 aliphatic heterocycles. The van der Waals surface area contributed by atoms with Gasteiger partial charge in [-0.3, -0.25) is 0 Å². The van der Waals surface area contributed by atoms with Crippen LogP contribution < -0.4 is 0 Å². The monoisotopic (exact) mass is 350 g/mol. The maximum absolute atomic E-state index is 12.4. The predicted molar refractivity (Wildman–Crippen MR) is 65.2 cm³/mol. The number of hydrogen-bond acceptors (Lipinski definition) is 2. The number of nitrogens with zero attached hydrogens (tertiary/aromatic N) is 2. The summed E-state index contributed by atoms with van der Waals surface area (Å²) in [5.41, 5.74) is 0.585. The molecule has 6 heteroatoms. The highest BCUT2D eigenvalue weighted by Gasteiger charge is 2.29. The van der Waals surface area contributed by atoms with E-state index in [9.17, 15) is 13.2 Å². The van der Waals surface area contributed by atoms with Gasteiger partial charge in [0.05, 0.1) is 11.3 Å². The molecular formula is C11H6F3IN2. The molecule has 88 valence electrons. The van der Waals surface area contributed by atoms with E-state index in [1.54, 1.807) is 12.3 Å². The fourth-order valence-corrected chi connectivity index (χ4v) is 1.75. The fraction of sp³-hybridized carbons (Fsp3) is 0.0909. The third kappa shape index (κ3) is 2.93. The Balaban J connectivity index is 2.36. The first-order valence-electron chi connectivity index (χ1n) is 4.63. The molecule has 0 aliphatic rings. The Labute approximate surface area is 109 Å². The molecule has 1 heterocycles. The van der Waals surface area contributed by atoms with Crippen LogP contribution in [0.15, 0.2) is 36.5 Å². The number of rotatable bonds is 1. The fourth-order valence-electron chi connectivity index (χ4n) is 1.33. The van der Waals surface area contributed by atoms with E-state index in [-0.39, 0.29) is 0 Å². The lowest BCUT2D eigenvalue weighted by molar-refractivity contribution is -0.137. The Morgan fingerprint density at radius 3 is 2.18 bits per heavy atom. The molecule has 0 radical (unpaired) electrons. The second-order valence-electron chi connectivity index (χ2n) is 3.29. The smallest absolute Gasteiger partial charge is 0.232 e. The largest absolute Gasteiger partial charge is 0.416 e. The SMILES string of the molecule is FC(F)(F)c1ccc(-c2ccnc(I)n2)cc1. The maximum atomic E-state index is 12.4. The van der Waals surface area contributed by atoms with Crippen molar-refractivity contribution in [2.75, 3.05) is 0 Å². The quantitative estimate of drug-likeness (QED) is 0.578. The minimum atomic E-state index is -4.31. The van der Waals surface area contributed by atoms with E-state index in [1.165, 1.54) is 12.1 Å². The van der Waals surface area contributed by atoms with Gasteiger partial charge in [-0.2, -0.15) is 13.2 Å². The molecule has 0 unspecified atom stereocenters. The van der Waals surface area contributed by atoms with Crippen molar-refractivity contribution in [2.45, 2.75) is 6.18 Å². The van der Waals surface area contributed by atoms with Gasteiger partial charge >= 0.3 is 6.18 Å². The Morgan fingerprint density at radius 2 is 1.65 bits per heavy atom. The van der Waals surface area contributed by atoms with Crippen molar-refractivity contribution in [3.63, 3.8) is 0 Å². The summed E-state index contributed by atoms with van der Waals surface area (Å²) in [4.78, 5) is 8.05. The van der Waals surface area contributed by atoms with E-state index in [0.717, 1.165) is 12.1 Å². The van der Waals surface area contributed by atoms with Gasteiger partial charge in [0.2, 0.25) is 0 Å². The highest BCUT2D eigenvalue weighted by Crippen LogP contribution is 2.30. The molecule has 0 saturated heterocycles. The number of hydrogen-bond donors (Lipinski definition) is 0. The lowest BCUT2D eigenvalue weighted by atomic mass is 10.1. The van der Waals surface area contributed by atoms with Gasteiger partial charge in [0.1, 0.15) is 0 Å². The Bertz CT molecular complexity index is 523. The van der Waals surface area contributed by atoms with E-state index < -0.39 is 11.7 Å². The van der Waals surface area contributed by atoms with Gasteiger partial charge in [-0.15, -0.1) is 0 Å². The van der Waals surface area contributed by atoms with Gasteiger partial charge in [-0.05, 0) is 18.2 Å². The first kappa shape index (κ1) is 12.3. The molecule has 0 fully saturated rings. The molecule has 0 saturated carbocycles. The Morgan fingerprint density at radius 1 is 1.00 bits per heavy atom. The van der Waals surface area contributed by atoms with Crippen LogP contribution in [0.25, 0.3) is 11.3 Å². The average molecular weight is 350 g/mol. The first-order valence-corrected chi connectivity index (χ1v) is 5.71. The minimum absolute atomic E-state index is 0.556. The van der Waals surface area contributed by atoms with Gasteiger partial charge in [-0.1, -0.05) is 12.1 Å². The topological polar surface area (TPSA) is 25.8 Å². The van der Waals surface area contributed by atoms with Crippen molar-refractivity contribution < 1.29 is 13.2 Å². The second-order valence-corrected chi connectivity index (χ2v) is 4.25. The van der Waals surface area contributed by atoms with Crippen molar-refractivity contribution in [2.24, 2.45) is 0 Å². The highest BCUT2D eigenvalue weighted by atomic mass is 127. The van der Waals surface area contributed by atoms with Gasteiger partial charge in [0.15, 0.2) is 3.83 Å². The van der Waals surface area contributed by atoms with Gasteiger partial charge < -0.3 is 0 Å². The minimum Gasteiger partial charge on any atom is -0.232 e. The molecule has 0 N–H and O–H groups in total. The molecule has 0 aliphatic carbocycles. The van der Waals surface area contributed by atoms with E-state index in [2.05, 4.69) is 9.97 Å². The summed E-state index contributed by atoms with van der Waals surface area (Å²) in [6.45, 7) is 0. The second kappa shape index (κ2) is 4.59. The molecule has 0 amide bonds. The zero-order chi connectivity index (χ0) is 12.5. The van der Waals surface area contributed by atoms with Gasteiger partial charge in [0.25, 0.3) is 0 Å². The molecule has 2 nitrogen and oxygen atoms in total. The molecule has 0 spiro atoms. The van der Waals surface area contributed by atoms with E-state index in [4.69, 9.17) is 0 Å². The number of benzene rings is 1. The van der Waals surface area contributed by atoms with Crippen LogP contribution in [0.2, 0.25) is 0 Å². The summed E-state index contributed by atoms with van der Waals surface area (Å²) < 4.78 is 37.6. The molecule has 1 aromatic heterocycles. The van der Waals surface area contributed by atoms with E-state index in [1.807, 2.05) is 22.6 Å². The van der Waals surface area contributed by atoms with Crippen molar-refractivity contribution in [1.82, 2.24) is 9.97 Å². The zero-order valence-electron chi connectivity index (χ0n) is 8.37. The summed E-state index contributed by atoms with van der Waals surface area (Å²) in [6, 6.07) is 6.56. The average Bonchev–Trinajstić information content (AvgIpc) is 2.28. The van der Waals surface area contributed by atoms with E-state index >= 15 is 0 Å². The van der Waals surface area contributed by atoms with Crippen molar-refractivity contribution >= 4 is 22.6 Å². The van der Waals surface area contributed by atoms with Crippen molar-refractivity contribution in [3.8, 4) is 11.3 Å². The lowest BCUT2D eigenvalue weighted by Gasteiger charge is -2.07. The predicted octanol–water partition coefficient (Wildman–Crippen LogP) is 3.77. The molecule has 2 aromatic rings. The third-order valence-electron chi connectivity index (χ3n) is 2.13. The van der Waals surface area contributed by atoms with Crippen LogP contribution in [0.5, 0.6) is 0 Å². The third-order valence-corrected chi connectivity index (χ3v) is 2.65. The van der Waals surface area contributed by atoms with Crippen LogP contribution in [-0.2, 0) is 6.18 Å².